The van der Waals surface area contributed by atoms with Crippen LogP contribution in [0.1, 0.15) is 33.6 Å². The molecule has 1 aliphatic rings. The number of hydrogen-bond acceptors (Lipinski definition) is 3. The topological polar surface area (TPSA) is 15.3 Å². The average molecular weight is 244 g/mol. The minimum atomic E-state index is 0.732. The minimum Gasteiger partial charge on any atom is -0.314 e. The Kier molecular flexibility index (Phi) is 6.78. The van der Waals surface area contributed by atoms with Gasteiger partial charge in [-0.25, -0.2) is 0 Å². The smallest absolute Gasteiger partial charge is 0.0120 e. The van der Waals surface area contributed by atoms with Gasteiger partial charge in [0.25, 0.3) is 0 Å². The fourth-order valence-electron chi connectivity index (χ4n) is 2.58. The second-order valence-corrected chi connectivity index (χ2v) is 5.96. The van der Waals surface area contributed by atoms with Crippen LogP contribution in [-0.2, 0) is 0 Å². The molecule has 3 atom stereocenters. The van der Waals surface area contributed by atoms with E-state index in [9.17, 15) is 0 Å². The molecule has 1 N–H and O–H groups in total. The molecule has 3 unspecified atom stereocenters. The van der Waals surface area contributed by atoms with E-state index in [-0.39, 0.29) is 0 Å². The second-order valence-electron chi connectivity index (χ2n) is 4.98. The summed E-state index contributed by atoms with van der Waals surface area (Å²) in [5.41, 5.74) is 0. The van der Waals surface area contributed by atoms with Crippen molar-refractivity contribution in [1.29, 1.82) is 0 Å². The Bertz CT molecular complexity index is 167. The van der Waals surface area contributed by atoms with Gasteiger partial charge >= 0.3 is 0 Å². The highest BCUT2D eigenvalue weighted by atomic mass is 32.2. The van der Waals surface area contributed by atoms with Gasteiger partial charge in [0, 0.05) is 24.4 Å². The van der Waals surface area contributed by atoms with E-state index in [1.54, 1.807) is 0 Å². The number of nitrogens with zero attached hydrogens (tertiary/aromatic N) is 1. The molecule has 1 heterocycles. The fraction of sp³-hybridized carbons (Fsp3) is 1.00. The van der Waals surface area contributed by atoms with Crippen molar-refractivity contribution < 1.29 is 0 Å². The standard InChI is InChI=1S/C13H28N2S/c1-5-7-14-13-6-8-15(9-10-16-4)12(3)11(13)2/h11-14H,5-10H2,1-4H3. The molecule has 0 saturated carbocycles. The van der Waals surface area contributed by atoms with Crippen LogP contribution in [0.4, 0.5) is 0 Å². The van der Waals surface area contributed by atoms with Gasteiger partial charge in [-0.15, -0.1) is 0 Å². The third-order valence-corrected chi connectivity index (χ3v) is 4.53. The van der Waals surface area contributed by atoms with Gasteiger partial charge in [-0.2, -0.15) is 11.8 Å². The quantitative estimate of drug-likeness (QED) is 0.772. The summed E-state index contributed by atoms with van der Waals surface area (Å²) in [5, 5.41) is 3.70. The summed E-state index contributed by atoms with van der Waals surface area (Å²) < 4.78 is 0. The number of piperidine rings is 1. The summed E-state index contributed by atoms with van der Waals surface area (Å²) in [6.45, 7) is 10.7. The van der Waals surface area contributed by atoms with Gasteiger partial charge in [0.05, 0.1) is 0 Å². The lowest BCUT2D eigenvalue weighted by Gasteiger charge is -2.43. The SMILES string of the molecule is CCCNC1CCN(CCSC)C(C)C1C. The molecule has 1 aliphatic heterocycles. The van der Waals surface area contributed by atoms with E-state index >= 15 is 0 Å². The van der Waals surface area contributed by atoms with Crippen LogP contribution in [0.15, 0.2) is 0 Å². The van der Waals surface area contributed by atoms with Crippen LogP contribution < -0.4 is 5.32 Å². The molecule has 16 heavy (non-hydrogen) atoms. The Hall–Kier alpha value is 0.270. The second kappa shape index (κ2) is 7.57. The van der Waals surface area contributed by atoms with E-state index in [2.05, 4.69) is 37.2 Å². The predicted octanol–water partition coefficient (Wildman–Crippen LogP) is 2.45. The zero-order valence-electron chi connectivity index (χ0n) is 11.3. The van der Waals surface area contributed by atoms with Crippen LogP contribution in [0.3, 0.4) is 0 Å². The molecular formula is C13H28N2S. The maximum atomic E-state index is 3.70. The average Bonchev–Trinajstić information content (AvgIpc) is 2.30. The highest BCUT2D eigenvalue weighted by Crippen LogP contribution is 2.23. The summed E-state index contributed by atoms with van der Waals surface area (Å²) in [6.07, 6.45) is 4.76. The lowest BCUT2D eigenvalue weighted by Crippen LogP contribution is -2.53. The Balaban J connectivity index is 2.38. The molecule has 3 heteroatoms. The number of hydrogen-bond donors (Lipinski definition) is 1. The van der Waals surface area contributed by atoms with Gasteiger partial charge in [0.1, 0.15) is 0 Å². The van der Waals surface area contributed by atoms with Crippen molar-refractivity contribution in [2.24, 2.45) is 5.92 Å². The first-order chi connectivity index (χ1) is 7.70. The summed E-state index contributed by atoms with van der Waals surface area (Å²) in [7, 11) is 0. The van der Waals surface area contributed by atoms with Gasteiger partial charge < -0.3 is 5.32 Å². The Morgan fingerprint density at radius 3 is 2.75 bits per heavy atom. The van der Waals surface area contributed by atoms with Crippen LogP contribution in [0.25, 0.3) is 0 Å². The van der Waals surface area contributed by atoms with Gasteiger partial charge in [-0.1, -0.05) is 13.8 Å². The first kappa shape index (κ1) is 14.3. The maximum Gasteiger partial charge on any atom is 0.0120 e. The normalized spacial score (nSPS) is 31.9. The van der Waals surface area contributed by atoms with E-state index in [1.807, 2.05) is 11.8 Å². The Morgan fingerprint density at radius 1 is 1.38 bits per heavy atom. The van der Waals surface area contributed by atoms with E-state index in [0.717, 1.165) is 18.0 Å². The van der Waals surface area contributed by atoms with Gasteiger partial charge in [0.2, 0.25) is 0 Å². The van der Waals surface area contributed by atoms with E-state index in [1.165, 1.54) is 38.2 Å². The lowest BCUT2D eigenvalue weighted by molar-refractivity contribution is 0.0913. The Morgan fingerprint density at radius 2 is 2.12 bits per heavy atom. The van der Waals surface area contributed by atoms with Crippen LogP contribution in [0.2, 0.25) is 0 Å². The van der Waals surface area contributed by atoms with E-state index in [0.29, 0.717) is 0 Å². The van der Waals surface area contributed by atoms with Crippen molar-refractivity contribution in [3.05, 3.63) is 0 Å². The van der Waals surface area contributed by atoms with E-state index in [4.69, 9.17) is 0 Å². The third kappa shape index (κ3) is 3.94. The molecule has 0 aliphatic carbocycles. The van der Waals surface area contributed by atoms with Crippen molar-refractivity contribution in [2.75, 3.05) is 31.6 Å². The van der Waals surface area contributed by atoms with Crippen molar-refractivity contribution in [2.45, 2.75) is 45.7 Å². The van der Waals surface area contributed by atoms with Gasteiger partial charge in [0.15, 0.2) is 0 Å². The Labute approximate surface area is 106 Å². The maximum absolute atomic E-state index is 3.70. The number of rotatable bonds is 6. The predicted molar refractivity (Wildman–Crippen MR) is 75.3 cm³/mol. The first-order valence-corrected chi connectivity index (χ1v) is 8.06. The molecule has 1 rings (SSSR count). The van der Waals surface area contributed by atoms with E-state index < -0.39 is 0 Å². The molecule has 96 valence electrons. The summed E-state index contributed by atoms with van der Waals surface area (Å²) in [5.74, 6) is 2.05. The third-order valence-electron chi connectivity index (χ3n) is 3.94. The van der Waals surface area contributed by atoms with Crippen molar-refractivity contribution in [1.82, 2.24) is 10.2 Å². The van der Waals surface area contributed by atoms with Gasteiger partial charge in [-0.3, -0.25) is 4.90 Å². The number of likely N-dealkylation sites (tertiary alicyclic amines) is 1. The number of thioether (sulfide) groups is 1. The molecule has 0 spiro atoms. The fourth-order valence-corrected chi connectivity index (χ4v) is 3.00. The van der Waals surface area contributed by atoms with Crippen molar-refractivity contribution in [3.63, 3.8) is 0 Å². The molecule has 0 amide bonds. The largest absolute Gasteiger partial charge is 0.314 e. The molecule has 0 radical (unpaired) electrons. The molecule has 0 bridgehead atoms. The lowest BCUT2D eigenvalue weighted by atomic mass is 9.87. The molecular weight excluding hydrogens is 216 g/mol. The van der Waals surface area contributed by atoms with Gasteiger partial charge in [-0.05, 0) is 45.0 Å². The van der Waals surface area contributed by atoms with Crippen LogP contribution in [0, 0.1) is 5.92 Å². The van der Waals surface area contributed by atoms with Crippen LogP contribution in [0.5, 0.6) is 0 Å². The first-order valence-electron chi connectivity index (χ1n) is 6.67. The highest BCUT2D eigenvalue weighted by molar-refractivity contribution is 7.98. The summed E-state index contributed by atoms with van der Waals surface area (Å²) in [4.78, 5) is 2.66. The summed E-state index contributed by atoms with van der Waals surface area (Å²) >= 11 is 1.96. The van der Waals surface area contributed by atoms with Crippen LogP contribution >= 0.6 is 11.8 Å². The molecule has 0 aromatic rings. The monoisotopic (exact) mass is 244 g/mol. The molecule has 2 nitrogen and oxygen atoms in total. The number of nitrogens with one attached hydrogen (secondary N) is 1. The zero-order chi connectivity index (χ0) is 12.0. The van der Waals surface area contributed by atoms with Crippen molar-refractivity contribution in [3.8, 4) is 0 Å². The molecule has 0 aromatic heterocycles. The molecule has 1 saturated heterocycles. The van der Waals surface area contributed by atoms with Crippen LogP contribution in [-0.4, -0.2) is 48.6 Å². The highest BCUT2D eigenvalue weighted by Gasteiger charge is 2.31. The molecule has 0 aromatic carbocycles. The van der Waals surface area contributed by atoms with Crippen molar-refractivity contribution >= 4 is 11.8 Å². The minimum absolute atomic E-state index is 0.732. The zero-order valence-corrected chi connectivity index (χ0v) is 12.1. The summed E-state index contributed by atoms with van der Waals surface area (Å²) in [6, 6.07) is 1.47. The molecule has 1 fully saturated rings.